The molecule has 2 fully saturated rings. The van der Waals surface area contributed by atoms with Gasteiger partial charge in [0.1, 0.15) is 0 Å². The van der Waals surface area contributed by atoms with Crippen LogP contribution in [0.2, 0.25) is 0 Å². The third-order valence-electron chi connectivity index (χ3n) is 5.07. The number of guanidine groups is 1. The van der Waals surface area contributed by atoms with Gasteiger partial charge in [-0.05, 0) is 36.7 Å². The van der Waals surface area contributed by atoms with Crippen molar-refractivity contribution < 1.29 is 0 Å². The van der Waals surface area contributed by atoms with Crippen molar-refractivity contribution in [3.05, 3.63) is 18.0 Å². The molecule has 1 spiro atoms. The first-order chi connectivity index (χ1) is 10.2. The lowest BCUT2D eigenvalue weighted by molar-refractivity contribution is 0.309. The minimum atomic E-state index is 0. The normalized spacial score (nSPS) is 20.5. The van der Waals surface area contributed by atoms with Crippen LogP contribution in [-0.4, -0.2) is 47.3 Å². The summed E-state index contributed by atoms with van der Waals surface area (Å²) in [6.07, 6.45) is 12.0. The molecule has 1 N–H and O–H groups in total. The van der Waals surface area contributed by atoms with Crippen molar-refractivity contribution >= 4 is 29.9 Å². The Balaban J connectivity index is 0.00000176. The number of likely N-dealkylation sites (tertiary alicyclic amines) is 1. The lowest BCUT2D eigenvalue weighted by Gasteiger charge is -2.25. The van der Waals surface area contributed by atoms with Gasteiger partial charge in [-0.3, -0.25) is 9.67 Å². The van der Waals surface area contributed by atoms with Crippen LogP contribution in [0.25, 0.3) is 0 Å². The molecule has 124 valence electrons. The third kappa shape index (κ3) is 3.94. The monoisotopic (exact) mass is 417 g/mol. The molecule has 22 heavy (non-hydrogen) atoms. The molecule has 1 aromatic heterocycles. The van der Waals surface area contributed by atoms with E-state index in [1.165, 1.54) is 44.2 Å². The number of rotatable bonds is 3. The molecule has 3 rings (SSSR count). The second-order valence-corrected chi connectivity index (χ2v) is 6.62. The van der Waals surface area contributed by atoms with E-state index in [-0.39, 0.29) is 24.0 Å². The molecule has 2 aliphatic rings. The molecule has 0 amide bonds. The second-order valence-electron chi connectivity index (χ2n) is 6.62. The highest BCUT2D eigenvalue weighted by molar-refractivity contribution is 14.0. The summed E-state index contributed by atoms with van der Waals surface area (Å²) >= 11 is 0. The van der Waals surface area contributed by atoms with Crippen LogP contribution < -0.4 is 5.32 Å². The Labute approximate surface area is 150 Å². The summed E-state index contributed by atoms with van der Waals surface area (Å²) < 4.78 is 1.86. The van der Waals surface area contributed by atoms with Crippen molar-refractivity contribution in [2.75, 3.05) is 26.7 Å². The standard InChI is InChI=1S/C16H27N5.HI/c1-17-15(18-9-5-14-11-19-20(2)12-14)21-10-8-16(13-21)6-3-4-7-16;/h11-12H,3-10,13H2,1-2H3,(H,17,18);1H. The van der Waals surface area contributed by atoms with E-state index < -0.39 is 0 Å². The van der Waals surface area contributed by atoms with Crippen LogP contribution in [0.1, 0.15) is 37.7 Å². The average Bonchev–Trinajstić information content (AvgIpc) is 3.19. The summed E-state index contributed by atoms with van der Waals surface area (Å²) in [5.41, 5.74) is 1.87. The third-order valence-corrected chi connectivity index (χ3v) is 5.07. The van der Waals surface area contributed by atoms with E-state index in [2.05, 4.69) is 26.5 Å². The number of aryl methyl sites for hydroxylation is 1. The highest BCUT2D eigenvalue weighted by Crippen LogP contribution is 2.45. The summed E-state index contributed by atoms with van der Waals surface area (Å²) in [5.74, 6) is 1.07. The fraction of sp³-hybridized carbons (Fsp3) is 0.750. The van der Waals surface area contributed by atoms with E-state index in [1.807, 2.05) is 25.0 Å². The van der Waals surface area contributed by atoms with Gasteiger partial charge >= 0.3 is 0 Å². The van der Waals surface area contributed by atoms with E-state index in [0.29, 0.717) is 5.41 Å². The molecule has 0 unspecified atom stereocenters. The minimum Gasteiger partial charge on any atom is -0.356 e. The van der Waals surface area contributed by atoms with Crippen LogP contribution in [0.5, 0.6) is 0 Å². The Morgan fingerprint density at radius 3 is 2.77 bits per heavy atom. The fourth-order valence-electron chi connectivity index (χ4n) is 3.90. The lowest BCUT2D eigenvalue weighted by atomic mass is 9.86. The van der Waals surface area contributed by atoms with Crippen LogP contribution in [0.15, 0.2) is 17.4 Å². The first-order valence-corrected chi connectivity index (χ1v) is 8.14. The van der Waals surface area contributed by atoms with Gasteiger partial charge in [-0.25, -0.2) is 0 Å². The number of nitrogens with one attached hydrogen (secondary N) is 1. The SMILES string of the molecule is CN=C(NCCc1cnn(C)c1)N1CCC2(CCCC2)C1.I. The number of nitrogens with zero attached hydrogens (tertiary/aromatic N) is 4. The van der Waals surface area contributed by atoms with Crippen molar-refractivity contribution in [1.29, 1.82) is 0 Å². The maximum Gasteiger partial charge on any atom is 0.193 e. The average molecular weight is 417 g/mol. The van der Waals surface area contributed by atoms with Gasteiger partial charge in [0.15, 0.2) is 5.96 Å². The number of hydrogen-bond acceptors (Lipinski definition) is 2. The molecule has 1 aromatic rings. The summed E-state index contributed by atoms with van der Waals surface area (Å²) in [6, 6.07) is 0. The highest BCUT2D eigenvalue weighted by Gasteiger charge is 2.40. The van der Waals surface area contributed by atoms with Gasteiger partial charge in [0, 0.05) is 39.9 Å². The van der Waals surface area contributed by atoms with Gasteiger partial charge in [0.05, 0.1) is 6.20 Å². The Kier molecular flexibility index (Phi) is 6.11. The topological polar surface area (TPSA) is 45.5 Å². The molecular formula is C16H28IN5. The predicted octanol–water partition coefficient (Wildman–Crippen LogP) is 2.42. The molecule has 6 heteroatoms. The van der Waals surface area contributed by atoms with Crippen molar-refractivity contribution in [1.82, 2.24) is 20.0 Å². The van der Waals surface area contributed by atoms with Crippen LogP contribution in [0.4, 0.5) is 0 Å². The minimum absolute atomic E-state index is 0. The molecular weight excluding hydrogens is 389 g/mol. The van der Waals surface area contributed by atoms with Gasteiger partial charge in [-0.1, -0.05) is 12.8 Å². The zero-order chi connectivity index (χ0) is 14.7. The smallest absolute Gasteiger partial charge is 0.193 e. The van der Waals surface area contributed by atoms with Gasteiger partial charge in [0.2, 0.25) is 0 Å². The van der Waals surface area contributed by atoms with Crippen molar-refractivity contribution in [2.45, 2.75) is 38.5 Å². The van der Waals surface area contributed by atoms with Crippen LogP contribution >= 0.6 is 24.0 Å². The van der Waals surface area contributed by atoms with Crippen LogP contribution in [0, 0.1) is 5.41 Å². The van der Waals surface area contributed by atoms with E-state index in [9.17, 15) is 0 Å². The maximum absolute atomic E-state index is 4.47. The Hall–Kier alpha value is -0.790. The second kappa shape index (κ2) is 7.66. The molecule has 1 saturated carbocycles. The van der Waals surface area contributed by atoms with Crippen molar-refractivity contribution in [3.63, 3.8) is 0 Å². The maximum atomic E-state index is 4.47. The van der Waals surface area contributed by atoms with E-state index in [4.69, 9.17) is 0 Å². The Bertz CT molecular complexity index is 504. The number of hydrogen-bond donors (Lipinski definition) is 1. The number of aromatic nitrogens is 2. The lowest BCUT2D eigenvalue weighted by Crippen LogP contribution is -2.41. The van der Waals surface area contributed by atoms with Crippen molar-refractivity contribution in [3.8, 4) is 0 Å². The molecule has 1 saturated heterocycles. The van der Waals surface area contributed by atoms with Gasteiger partial charge < -0.3 is 10.2 Å². The molecule has 0 atom stereocenters. The van der Waals surface area contributed by atoms with Crippen molar-refractivity contribution in [2.24, 2.45) is 17.5 Å². The first kappa shape index (κ1) is 17.6. The predicted molar refractivity (Wildman–Crippen MR) is 101 cm³/mol. The Morgan fingerprint density at radius 2 is 2.14 bits per heavy atom. The molecule has 0 aromatic carbocycles. The summed E-state index contributed by atoms with van der Waals surface area (Å²) in [4.78, 5) is 6.92. The zero-order valence-corrected chi connectivity index (χ0v) is 16.0. The summed E-state index contributed by atoms with van der Waals surface area (Å²) in [7, 11) is 3.85. The summed E-state index contributed by atoms with van der Waals surface area (Å²) in [6.45, 7) is 3.27. The van der Waals surface area contributed by atoms with Crippen LogP contribution in [0.3, 0.4) is 0 Å². The molecule has 2 heterocycles. The largest absolute Gasteiger partial charge is 0.356 e. The highest BCUT2D eigenvalue weighted by atomic mass is 127. The van der Waals surface area contributed by atoms with E-state index in [0.717, 1.165) is 25.5 Å². The van der Waals surface area contributed by atoms with Crippen LogP contribution in [-0.2, 0) is 13.5 Å². The molecule has 1 aliphatic carbocycles. The van der Waals surface area contributed by atoms with Gasteiger partial charge in [-0.2, -0.15) is 5.10 Å². The first-order valence-electron chi connectivity index (χ1n) is 8.14. The molecule has 5 nitrogen and oxygen atoms in total. The van der Waals surface area contributed by atoms with E-state index in [1.54, 1.807) is 0 Å². The van der Waals surface area contributed by atoms with Gasteiger partial charge in [0.25, 0.3) is 0 Å². The Morgan fingerprint density at radius 1 is 1.36 bits per heavy atom. The number of aliphatic imine (C=N–C) groups is 1. The fourth-order valence-corrected chi connectivity index (χ4v) is 3.90. The quantitative estimate of drug-likeness (QED) is 0.467. The molecule has 1 aliphatic heterocycles. The number of halogens is 1. The molecule has 0 radical (unpaired) electrons. The van der Waals surface area contributed by atoms with Gasteiger partial charge in [-0.15, -0.1) is 24.0 Å². The summed E-state index contributed by atoms with van der Waals surface area (Å²) in [5, 5.41) is 7.72. The zero-order valence-electron chi connectivity index (χ0n) is 13.7. The molecule has 0 bridgehead atoms. The van der Waals surface area contributed by atoms with E-state index >= 15 is 0 Å².